The molecule has 0 fully saturated rings. The summed E-state index contributed by atoms with van der Waals surface area (Å²) in [6, 6.07) is 60.5. The Morgan fingerprint density at radius 1 is 0.364 bits per heavy atom. The molecular formula is C51H40N4. The fourth-order valence-electron chi connectivity index (χ4n) is 8.47. The minimum Gasteiger partial charge on any atom is -0.309 e. The molecule has 2 aromatic heterocycles. The molecule has 4 nitrogen and oxygen atoms in total. The number of nitrogens with zero attached hydrogens (tertiary/aromatic N) is 4. The van der Waals surface area contributed by atoms with Crippen molar-refractivity contribution < 1.29 is 0 Å². The molecule has 0 spiro atoms. The fraction of sp³-hybridized carbons (Fsp3) is 0.118. The summed E-state index contributed by atoms with van der Waals surface area (Å²) in [5.41, 5.74) is 13.4. The second-order valence-corrected chi connectivity index (χ2v) is 15.7. The largest absolute Gasteiger partial charge is 0.309 e. The van der Waals surface area contributed by atoms with Crippen molar-refractivity contribution in [3.8, 4) is 62.1 Å². The van der Waals surface area contributed by atoms with Crippen molar-refractivity contribution >= 4 is 21.8 Å². The zero-order chi connectivity index (χ0) is 37.3. The normalized spacial score (nSPS) is 14.1. The van der Waals surface area contributed by atoms with E-state index in [0.29, 0.717) is 17.5 Å². The minimum atomic E-state index is -0.312. The summed E-state index contributed by atoms with van der Waals surface area (Å²) in [5.74, 6) is 1.97. The Kier molecular flexibility index (Phi) is 7.47. The van der Waals surface area contributed by atoms with E-state index in [1.807, 2.05) is 36.4 Å². The first-order chi connectivity index (χ1) is 26.8. The summed E-state index contributed by atoms with van der Waals surface area (Å²) in [5, 5.41) is 2.39. The molecule has 55 heavy (non-hydrogen) atoms. The third-order valence-electron chi connectivity index (χ3n) is 12.2. The smallest absolute Gasteiger partial charge is 0.164 e. The van der Waals surface area contributed by atoms with Crippen LogP contribution in [0.5, 0.6) is 0 Å². The zero-order valence-electron chi connectivity index (χ0n) is 31.5. The molecule has 0 bridgehead atoms. The van der Waals surface area contributed by atoms with Gasteiger partial charge in [0.15, 0.2) is 17.5 Å². The van der Waals surface area contributed by atoms with E-state index in [2.05, 4.69) is 166 Å². The molecule has 0 saturated heterocycles. The number of benzene rings is 7. The van der Waals surface area contributed by atoms with E-state index >= 15 is 0 Å². The standard InChI is InChI=1S/C51H40N4/c1-50(2)42-31-38(34-19-11-6-12-20-34)26-28-45(42)55-44-27-25-37(33-17-9-5-10-18-33)29-40(44)41-30-39(32-43(46(41)55)51(50,3)4)49-53-47(35-21-13-7-14-22-35)52-48(54-49)36-23-15-8-16-24-36/h5-32H,1-4H3. The molecule has 0 atom stereocenters. The molecule has 1 aliphatic rings. The van der Waals surface area contributed by atoms with Gasteiger partial charge in [-0.1, -0.05) is 161 Å². The van der Waals surface area contributed by atoms with Gasteiger partial charge in [-0.25, -0.2) is 15.0 Å². The number of aromatic nitrogens is 4. The highest BCUT2D eigenvalue weighted by Crippen LogP contribution is 2.54. The van der Waals surface area contributed by atoms with Crippen molar-refractivity contribution in [3.63, 3.8) is 0 Å². The number of hydrogen-bond acceptors (Lipinski definition) is 3. The van der Waals surface area contributed by atoms with Gasteiger partial charge >= 0.3 is 0 Å². The molecule has 0 unspecified atom stereocenters. The third kappa shape index (κ3) is 5.24. The van der Waals surface area contributed by atoms with E-state index in [9.17, 15) is 0 Å². The summed E-state index contributed by atoms with van der Waals surface area (Å²) in [7, 11) is 0. The van der Waals surface area contributed by atoms with Crippen LogP contribution in [-0.2, 0) is 10.8 Å². The van der Waals surface area contributed by atoms with Crippen LogP contribution in [0.3, 0.4) is 0 Å². The van der Waals surface area contributed by atoms with Crippen LogP contribution in [0.4, 0.5) is 0 Å². The van der Waals surface area contributed by atoms with Crippen LogP contribution >= 0.6 is 0 Å². The minimum absolute atomic E-state index is 0.266. The Morgan fingerprint density at radius 3 is 1.33 bits per heavy atom. The first kappa shape index (κ1) is 33.0. The molecule has 0 N–H and O–H groups in total. The van der Waals surface area contributed by atoms with Crippen LogP contribution < -0.4 is 0 Å². The Balaban J connectivity index is 1.30. The highest BCUT2D eigenvalue weighted by molar-refractivity contribution is 6.13. The van der Waals surface area contributed by atoms with E-state index in [0.717, 1.165) is 16.7 Å². The molecule has 4 heteroatoms. The van der Waals surface area contributed by atoms with Gasteiger partial charge in [0.1, 0.15) is 0 Å². The first-order valence-corrected chi connectivity index (χ1v) is 19.0. The van der Waals surface area contributed by atoms with Crippen molar-refractivity contribution in [2.45, 2.75) is 38.5 Å². The summed E-state index contributed by atoms with van der Waals surface area (Å²) < 4.78 is 2.53. The molecule has 264 valence electrons. The van der Waals surface area contributed by atoms with Gasteiger partial charge in [-0.2, -0.15) is 0 Å². The van der Waals surface area contributed by atoms with E-state index in [1.165, 1.54) is 60.9 Å². The van der Waals surface area contributed by atoms with E-state index in [1.54, 1.807) is 0 Å². The van der Waals surface area contributed by atoms with Crippen molar-refractivity contribution in [1.29, 1.82) is 0 Å². The number of rotatable bonds is 5. The van der Waals surface area contributed by atoms with Crippen LogP contribution in [0, 0.1) is 0 Å². The number of hydrogen-bond donors (Lipinski definition) is 0. The van der Waals surface area contributed by atoms with Gasteiger partial charge < -0.3 is 4.57 Å². The summed E-state index contributed by atoms with van der Waals surface area (Å²) in [6.45, 7) is 9.63. The molecule has 10 rings (SSSR count). The van der Waals surface area contributed by atoms with Crippen LogP contribution in [0.25, 0.3) is 83.9 Å². The molecular weight excluding hydrogens is 669 g/mol. The lowest BCUT2D eigenvalue weighted by atomic mass is 9.60. The van der Waals surface area contributed by atoms with E-state index in [4.69, 9.17) is 15.0 Å². The first-order valence-electron chi connectivity index (χ1n) is 19.0. The summed E-state index contributed by atoms with van der Waals surface area (Å²) in [4.78, 5) is 15.4. The molecule has 0 aliphatic carbocycles. The fourth-order valence-corrected chi connectivity index (χ4v) is 8.47. The van der Waals surface area contributed by atoms with Gasteiger partial charge in [0.05, 0.1) is 11.0 Å². The lowest BCUT2D eigenvalue weighted by molar-refractivity contribution is 0.307. The summed E-state index contributed by atoms with van der Waals surface area (Å²) in [6.07, 6.45) is 0. The molecule has 7 aromatic carbocycles. The maximum atomic E-state index is 5.21. The predicted molar refractivity (Wildman–Crippen MR) is 227 cm³/mol. The van der Waals surface area contributed by atoms with Crippen molar-refractivity contribution in [3.05, 3.63) is 181 Å². The highest BCUT2D eigenvalue weighted by atomic mass is 15.0. The molecule has 0 saturated carbocycles. The van der Waals surface area contributed by atoms with E-state index < -0.39 is 0 Å². The Morgan fingerprint density at radius 2 is 0.782 bits per heavy atom. The SMILES string of the molecule is CC1(C)c2cc(-c3ccccc3)ccc2-n2c3ccc(-c4ccccc4)cc3c3cc(-c4nc(-c5ccccc5)nc(-c5ccccc5)n4)cc(c32)C1(C)C. The van der Waals surface area contributed by atoms with Crippen molar-refractivity contribution in [1.82, 2.24) is 19.5 Å². The molecule has 0 radical (unpaired) electrons. The number of fused-ring (bicyclic) bond motifs is 5. The van der Waals surface area contributed by atoms with Gasteiger partial charge in [0.2, 0.25) is 0 Å². The van der Waals surface area contributed by atoms with Crippen LogP contribution in [0.15, 0.2) is 170 Å². The topological polar surface area (TPSA) is 43.6 Å². The average molecular weight is 709 g/mol. The van der Waals surface area contributed by atoms with Gasteiger partial charge in [0, 0.05) is 44.0 Å². The third-order valence-corrected chi connectivity index (χ3v) is 12.2. The van der Waals surface area contributed by atoms with Crippen molar-refractivity contribution in [2.75, 3.05) is 0 Å². The Hall–Kier alpha value is -6.65. The van der Waals surface area contributed by atoms with Crippen LogP contribution in [-0.4, -0.2) is 19.5 Å². The monoisotopic (exact) mass is 708 g/mol. The van der Waals surface area contributed by atoms with Crippen LogP contribution in [0.1, 0.15) is 38.8 Å². The second-order valence-electron chi connectivity index (χ2n) is 15.7. The second kappa shape index (κ2) is 12.5. The average Bonchev–Trinajstić information content (AvgIpc) is 3.55. The molecule has 0 amide bonds. The molecule has 3 heterocycles. The molecule has 9 aromatic rings. The quantitative estimate of drug-likeness (QED) is 0.179. The van der Waals surface area contributed by atoms with Gasteiger partial charge in [-0.05, 0) is 69.8 Å². The highest BCUT2D eigenvalue weighted by Gasteiger charge is 2.45. The lowest BCUT2D eigenvalue weighted by Gasteiger charge is -2.42. The maximum absolute atomic E-state index is 5.21. The van der Waals surface area contributed by atoms with Crippen LogP contribution in [0.2, 0.25) is 0 Å². The lowest BCUT2D eigenvalue weighted by Crippen LogP contribution is -2.40. The Bertz CT molecular complexity index is 2830. The van der Waals surface area contributed by atoms with E-state index in [-0.39, 0.29) is 10.8 Å². The van der Waals surface area contributed by atoms with Gasteiger partial charge in [0.25, 0.3) is 0 Å². The van der Waals surface area contributed by atoms with Gasteiger partial charge in [-0.3, -0.25) is 0 Å². The zero-order valence-corrected chi connectivity index (χ0v) is 31.5. The van der Waals surface area contributed by atoms with Gasteiger partial charge in [-0.15, -0.1) is 0 Å². The molecule has 1 aliphatic heterocycles. The Labute approximate surface area is 321 Å². The maximum Gasteiger partial charge on any atom is 0.164 e. The van der Waals surface area contributed by atoms with Crippen molar-refractivity contribution in [2.24, 2.45) is 0 Å². The summed E-state index contributed by atoms with van der Waals surface area (Å²) >= 11 is 0. The predicted octanol–water partition coefficient (Wildman–Crippen LogP) is 12.9.